The molecule has 1 fully saturated rings. The molecule has 0 bridgehead atoms. The number of rotatable bonds is 9. The second-order valence-electron chi connectivity index (χ2n) is 6.87. The van der Waals surface area contributed by atoms with Crippen LogP contribution < -0.4 is 14.8 Å². The maximum Gasteiger partial charge on any atom is 0.238 e. The van der Waals surface area contributed by atoms with E-state index in [1.807, 2.05) is 5.32 Å². The Hall–Kier alpha value is -2.61. The van der Waals surface area contributed by atoms with Crippen LogP contribution in [0, 0.1) is 13.7 Å². The Morgan fingerprint density at radius 2 is 1.87 bits per heavy atom. The molecule has 7 heteroatoms. The molecule has 2 aromatic rings. The van der Waals surface area contributed by atoms with Gasteiger partial charge in [-0.1, -0.05) is 30.3 Å². The minimum atomic E-state index is -3.17. The van der Waals surface area contributed by atoms with Crippen molar-refractivity contribution >= 4 is 11.6 Å². The maximum atomic E-state index is 13.2. The highest BCUT2D eigenvalue weighted by atomic mass is 16.5. The normalized spacial score (nSPS) is 24.3. The summed E-state index contributed by atoms with van der Waals surface area (Å²) < 4.78 is 120. The summed E-state index contributed by atoms with van der Waals surface area (Å²) in [6, 6.07) is 3.15. The zero-order valence-corrected chi connectivity index (χ0v) is 16.7. The third-order valence-corrected chi connectivity index (χ3v) is 4.60. The second-order valence-corrected chi connectivity index (χ2v) is 6.87. The highest BCUT2D eigenvalue weighted by molar-refractivity contribution is 5.93. The number of aliphatic hydroxyl groups excluding tert-OH is 1. The van der Waals surface area contributed by atoms with Gasteiger partial charge in [-0.15, -0.1) is 0 Å². The van der Waals surface area contributed by atoms with Gasteiger partial charge in [-0.2, -0.15) is 0 Å². The van der Waals surface area contributed by atoms with Crippen molar-refractivity contribution in [1.82, 2.24) is 9.80 Å². The van der Waals surface area contributed by atoms with Gasteiger partial charge in [0.05, 0.1) is 24.5 Å². The number of nitrogens with one attached hydrogen (secondary N) is 1. The van der Waals surface area contributed by atoms with Gasteiger partial charge in [-0.3, -0.25) is 14.6 Å². The maximum absolute atomic E-state index is 13.2. The number of aliphatic hydroxyl groups is 1. The summed E-state index contributed by atoms with van der Waals surface area (Å²) in [4.78, 5) is 16.1. The molecule has 7 nitrogen and oxygen atoms in total. The van der Waals surface area contributed by atoms with Crippen molar-refractivity contribution < 1.29 is 38.6 Å². The third kappa shape index (κ3) is 6.69. The Balaban J connectivity index is 1.68. The molecule has 1 aliphatic rings. The number of hydrogen-bond acceptors (Lipinski definition) is 6. The van der Waals surface area contributed by atoms with Gasteiger partial charge < -0.3 is 19.9 Å². The van der Waals surface area contributed by atoms with Crippen molar-refractivity contribution in [2.45, 2.75) is 19.8 Å². The van der Waals surface area contributed by atoms with Crippen molar-refractivity contribution in [3.8, 4) is 11.5 Å². The molecule has 3 rings (SSSR count). The van der Waals surface area contributed by atoms with Crippen molar-refractivity contribution in [2.24, 2.45) is 0 Å². The number of carbonyl (C=O) groups is 1. The van der Waals surface area contributed by atoms with Gasteiger partial charge in [0.2, 0.25) is 5.91 Å². The second kappa shape index (κ2) is 11.1. The number of carbonyl (C=O) groups excluding carboxylic acids is 1. The smallest absolute Gasteiger partial charge is 0.238 e. The van der Waals surface area contributed by atoms with E-state index >= 15 is 0 Å². The lowest BCUT2D eigenvalue weighted by atomic mass is 10.1. The van der Waals surface area contributed by atoms with E-state index in [0.29, 0.717) is 0 Å². The topological polar surface area (TPSA) is 74.3 Å². The van der Waals surface area contributed by atoms with Gasteiger partial charge in [0.25, 0.3) is 0 Å². The van der Waals surface area contributed by atoms with Gasteiger partial charge in [-0.25, -0.2) is 0 Å². The molecule has 0 spiro atoms. The Kier molecular flexibility index (Phi) is 3.88. The fraction of sp³-hybridized carbons (Fsp3) is 0.458. The van der Waals surface area contributed by atoms with Crippen LogP contribution >= 0.6 is 0 Å². The Morgan fingerprint density at radius 3 is 2.55 bits per heavy atom. The van der Waals surface area contributed by atoms with Gasteiger partial charge in [-0.05, 0) is 37.0 Å². The van der Waals surface area contributed by atoms with Crippen LogP contribution in [-0.4, -0.2) is 79.8 Å². The summed E-state index contributed by atoms with van der Waals surface area (Å²) in [6.45, 7) is -8.94. The van der Waals surface area contributed by atoms with E-state index in [0.717, 1.165) is 4.90 Å². The van der Waals surface area contributed by atoms with E-state index in [1.165, 1.54) is 12.1 Å². The summed E-state index contributed by atoms with van der Waals surface area (Å²) in [7, 11) is -2.70. The number of ether oxygens (including phenoxy) is 2. The third-order valence-electron chi connectivity index (χ3n) is 4.60. The molecule has 0 aliphatic carbocycles. The average Bonchev–Trinajstić information content (AvgIpc) is 2.89. The van der Waals surface area contributed by atoms with E-state index in [4.69, 9.17) is 28.7 Å². The van der Waals surface area contributed by atoms with Crippen LogP contribution in [0.3, 0.4) is 0 Å². The zero-order chi connectivity index (χ0) is 34.1. The standard InChI is InChI=1S/C24H33N3O4/c1-18-7-6-8-19(2)24(18)25-23(29)16-27-13-11-26(12-14-27)15-20(28)17-31-22-10-5-4-9-21(22)30-3/h4-10,20,28H,11-17H2,1-3H3,(H,25,29)/i1D3,2D3,3D3,6D,7D,8D,16D2. The van der Waals surface area contributed by atoms with Crippen LogP contribution in [0.4, 0.5) is 5.69 Å². The molecule has 31 heavy (non-hydrogen) atoms. The summed E-state index contributed by atoms with van der Waals surface area (Å²) in [6.07, 6.45) is -1.04. The van der Waals surface area contributed by atoms with E-state index in [-0.39, 0.29) is 50.8 Å². The summed E-state index contributed by atoms with van der Waals surface area (Å²) in [5.41, 5.74) is -2.87. The van der Waals surface area contributed by atoms with E-state index in [2.05, 4.69) is 0 Å². The lowest BCUT2D eigenvalue weighted by Crippen LogP contribution is -2.50. The van der Waals surface area contributed by atoms with Crippen molar-refractivity contribution in [3.63, 3.8) is 0 Å². The van der Waals surface area contributed by atoms with Crippen LogP contribution in [0.25, 0.3) is 0 Å². The minimum Gasteiger partial charge on any atom is -0.493 e. The number of benzene rings is 2. The van der Waals surface area contributed by atoms with Gasteiger partial charge in [0, 0.05) is 46.6 Å². The minimum absolute atomic E-state index is 0.0238. The molecule has 1 unspecified atom stereocenters. The molecule has 1 aliphatic heterocycles. The fourth-order valence-corrected chi connectivity index (χ4v) is 3.05. The van der Waals surface area contributed by atoms with Crippen LogP contribution in [0.5, 0.6) is 11.5 Å². The summed E-state index contributed by atoms with van der Waals surface area (Å²) in [5.74, 6) is -1.33. The number of nitrogens with zero attached hydrogens (tertiary/aromatic N) is 2. The number of piperazine rings is 1. The first kappa shape index (κ1) is 10.8. The molecule has 168 valence electrons. The van der Waals surface area contributed by atoms with Crippen LogP contribution in [0.15, 0.2) is 42.4 Å². The molecule has 0 radical (unpaired) electrons. The van der Waals surface area contributed by atoms with Gasteiger partial charge in [0.15, 0.2) is 11.5 Å². The van der Waals surface area contributed by atoms with E-state index in [9.17, 15) is 9.90 Å². The molecule has 1 amide bonds. The Morgan fingerprint density at radius 1 is 1.19 bits per heavy atom. The molecular weight excluding hydrogens is 394 g/mol. The number of amides is 1. The lowest BCUT2D eigenvalue weighted by Gasteiger charge is -2.35. The first-order chi connectivity index (χ1) is 20.5. The molecule has 1 saturated heterocycles. The highest BCUT2D eigenvalue weighted by Crippen LogP contribution is 2.25. The predicted molar refractivity (Wildman–Crippen MR) is 122 cm³/mol. The monoisotopic (exact) mass is 441 g/mol. The number of hydrogen-bond donors (Lipinski definition) is 2. The molecule has 2 aromatic carbocycles. The number of anilines is 1. The van der Waals surface area contributed by atoms with Crippen molar-refractivity contribution in [3.05, 3.63) is 53.5 Å². The fourth-order valence-electron chi connectivity index (χ4n) is 3.05. The first-order valence-corrected chi connectivity index (χ1v) is 9.56. The molecule has 0 saturated carbocycles. The average molecular weight is 442 g/mol. The molecule has 0 aromatic heterocycles. The van der Waals surface area contributed by atoms with E-state index in [1.54, 1.807) is 17.0 Å². The van der Waals surface area contributed by atoms with Crippen LogP contribution in [0.2, 0.25) is 0 Å². The predicted octanol–water partition coefficient (Wildman–Crippen LogP) is 2.31. The molecule has 2 N–H and O–H groups in total. The SMILES string of the molecule is [2H]c1c([2H])c(C([2H])([2H])[2H])c(NC(=O)C([2H])([2H])N2CCN(CC(O)COc3ccccc3OC([2H])([2H])[2H])CC2)c(C([2H])([2H])[2H])c1[2H]. The van der Waals surface area contributed by atoms with Crippen LogP contribution in [0.1, 0.15) is 30.3 Å². The largest absolute Gasteiger partial charge is 0.493 e. The number of para-hydroxylation sites is 3. The summed E-state index contributed by atoms with van der Waals surface area (Å²) >= 11 is 0. The Labute approximate surface area is 204 Å². The van der Waals surface area contributed by atoms with Gasteiger partial charge in [0.1, 0.15) is 12.7 Å². The molecular formula is C24H33N3O4. The number of β-amino-alcohol motifs (C(OH)–C–C–N with tert-alkyl or cyclic N) is 1. The zero-order valence-electron chi connectivity index (χ0n) is 30.7. The lowest BCUT2D eigenvalue weighted by molar-refractivity contribution is -0.117. The summed E-state index contributed by atoms with van der Waals surface area (Å²) in [5, 5.41) is 12.5. The van der Waals surface area contributed by atoms with E-state index < -0.39 is 74.2 Å². The molecule has 1 atom stereocenters. The van der Waals surface area contributed by atoms with Crippen molar-refractivity contribution in [1.29, 1.82) is 0 Å². The number of methoxy groups -OCH3 is 1. The van der Waals surface area contributed by atoms with Crippen molar-refractivity contribution in [2.75, 3.05) is 58.2 Å². The molecule has 1 heterocycles. The highest BCUT2D eigenvalue weighted by Gasteiger charge is 2.21. The van der Waals surface area contributed by atoms with Gasteiger partial charge >= 0.3 is 0 Å². The quantitative estimate of drug-likeness (QED) is 0.622. The first-order valence-electron chi connectivity index (χ1n) is 16.6. The Bertz CT molecular complexity index is 1330. The van der Waals surface area contributed by atoms with Crippen LogP contribution in [-0.2, 0) is 4.79 Å².